The third kappa shape index (κ3) is 5.82. The lowest BCUT2D eigenvalue weighted by atomic mass is 9.98. The third-order valence-electron chi connectivity index (χ3n) is 6.76. The number of nitrogens with zero attached hydrogens (tertiary/aromatic N) is 2. The van der Waals surface area contributed by atoms with Crippen molar-refractivity contribution in [2.75, 3.05) is 0 Å². The molecule has 3 aromatic carbocycles. The van der Waals surface area contributed by atoms with E-state index >= 15 is 0 Å². The van der Waals surface area contributed by atoms with E-state index in [0.29, 0.717) is 12.0 Å². The van der Waals surface area contributed by atoms with E-state index in [1.54, 1.807) is 0 Å². The van der Waals surface area contributed by atoms with Crippen molar-refractivity contribution in [1.82, 2.24) is 9.55 Å². The molecule has 2 heteroatoms. The van der Waals surface area contributed by atoms with E-state index in [9.17, 15) is 0 Å². The van der Waals surface area contributed by atoms with Crippen molar-refractivity contribution in [2.45, 2.75) is 64.8 Å². The molecule has 0 N–H and O–H groups in total. The van der Waals surface area contributed by atoms with Crippen molar-refractivity contribution in [1.29, 1.82) is 0 Å². The van der Waals surface area contributed by atoms with Crippen LogP contribution in [-0.2, 0) is 19.3 Å². The molecule has 4 rings (SSSR count). The largest absolute Gasteiger partial charge is 0.329 e. The van der Waals surface area contributed by atoms with Crippen LogP contribution in [0.25, 0.3) is 0 Å². The van der Waals surface area contributed by atoms with Crippen LogP contribution in [0.3, 0.4) is 0 Å². The van der Waals surface area contributed by atoms with Gasteiger partial charge in [-0.1, -0.05) is 105 Å². The van der Waals surface area contributed by atoms with Crippen LogP contribution < -0.4 is 0 Å². The van der Waals surface area contributed by atoms with Gasteiger partial charge in [-0.25, -0.2) is 4.98 Å². The molecule has 2 atom stereocenters. The average Bonchev–Trinajstić information content (AvgIpc) is 3.17. The maximum absolute atomic E-state index is 5.29. The Kier molecular flexibility index (Phi) is 7.78. The van der Waals surface area contributed by atoms with Gasteiger partial charge in [0, 0.05) is 24.1 Å². The molecular formula is C31H36N2. The summed E-state index contributed by atoms with van der Waals surface area (Å²) >= 11 is 0. The second-order valence-corrected chi connectivity index (χ2v) is 9.21. The molecule has 0 saturated heterocycles. The molecule has 0 spiro atoms. The lowest BCUT2D eigenvalue weighted by Crippen LogP contribution is -2.17. The number of rotatable bonds is 10. The molecule has 0 radical (unpaired) electrons. The smallest absolute Gasteiger partial charge is 0.112 e. The Hall–Kier alpha value is -3.13. The van der Waals surface area contributed by atoms with E-state index in [1.807, 2.05) is 0 Å². The molecule has 0 fully saturated rings. The molecule has 2 nitrogen and oxygen atoms in total. The Balaban J connectivity index is 1.65. The van der Waals surface area contributed by atoms with Gasteiger partial charge in [-0.3, -0.25) is 0 Å². The van der Waals surface area contributed by atoms with Crippen LogP contribution in [0.2, 0.25) is 0 Å². The van der Waals surface area contributed by atoms with Gasteiger partial charge in [0.25, 0.3) is 0 Å². The first-order valence-electron chi connectivity index (χ1n) is 12.3. The van der Waals surface area contributed by atoms with Crippen molar-refractivity contribution in [2.24, 2.45) is 0 Å². The molecular weight excluding hydrogens is 400 g/mol. The molecule has 1 unspecified atom stereocenters. The van der Waals surface area contributed by atoms with E-state index in [-0.39, 0.29) is 0 Å². The minimum absolute atomic E-state index is 0.362. The topological polar surface area (TPSA) is 17.8 Å². The van der Waals surface area contributed by atoms with Gasteiger partial charge in [0.2, 0.25) is 0 Å². The number of hydrogen-bond acceptors (Lipinski definition) is 1. The van der Waals surface area contributed by atoms with Crippen LogP contribution in [0.4, 0.5) is 0 Å². The predicted octanol–water partition coefficient (Wildman–Crippen LogP) is 7.71. The highest BCUT2D eigenvalue weighted by atomic mass is 15.1. The number of aryl methyl sites for hydroxylation is 1. The highest BCUT2D eigenvalue weighted by Gasteiger charge is 2.24. The summed E-state index contributed by atoms with van der Waals surface area (Å²) in [6.07, 6.45) is 5.24. The zero-order valence-corrected chi connectivity index (χ0v) is 20.2. The maximum Gasteiger partial charge on any atom is 0.112 e. The second-order valence-electron chi connectivity index (χ2n) is 9.21. The van der Waals surface area contributed by atoms with Gasteiger partial charge in [0.05, 0.1) is 5.69 Å². The molecule has 0 amide bonds. The summed E-state index contributed by atoms with van der Waals surface area (Å²) in [5.41, 5.74) is 6.66. The Labute approximate surface area is 199 Å². The van der Waals surface area contributed by atoms with E-state index in [1.165, 1.54) is 33.9 Å². The first kappa shape index (κ1) is 23.0. The molecule has 0 aliphatic carbocycles. The van der Waals surface area contributed by atoms with Crippen LogP contribution in [0, 0.1) is 6.92 Å². The average molecular weight is 437 g/mol. The zero-order valence-electron chi connectivity index (χ0n) is 20.2. The third-order valence-corrected chi connectivity index (χ3v) is 6.76. The summed E-state index contributed by atoms with van der Waals surface area (Å²) in [4.78, 5) is 5.29. The van der Waals surface area contributed by atoms with E-state index in [0.717, 1.165) is 32.1 Å². The Morgan fingerprint density at radius 3 is 1.88 bits per heavy atom. The van der Waals surface area contributed by atoms with Gasteiger partial charge in [0.1, 0.15) is 5.82 Å². The van der Waals surface area contributed by atoms with Crippen molar-refractivity contribution in [3.8, 4) is 0 Å². The van der Waals surface area contributed by atoms with Gasteiger partial charge >= 0.3 is 0 Å². The molecule has 0 saturated carbocycles. The minimum atomic E-state index is 0.362. The molecule has 1 heterocycles. The SMILES string of the molecule is CC[C@@H](CCc1ccccc1)n1c(C(C)Cc2ccccc2)nc(Cc2ccccc2)c1C. The highest BCUT2D eigenvalue weighted by Crippen LogP contribution is 2.31. The van der Waals surface area contributed by atoms with E-state index < -0.39 is 0 Å². The summed E-state index contributed by atoms with van der Waals surface area (Å²) in [5.74, 6) is 1.60. The molecule has 0 aliphatic rings. The normalized spacial score (nSPS) is 13.1. The lowest BCUT2D eigenvalue weighted by molar-refractivity contribution is 0.420. The van der Waals surface area contributed by atoms with Crippen LogP contribution in [0.15, 0.2) is 91.0 Å². The Morgan fingerprint density at radius 1 is 0.758 bits per heavy atom. The summed E-state index contributed by atoms with van der Waals surface area (Å²) < 4.78 is 2.58. The van der Waals surface area contributed by atoms with E-state index in [4.69, 9.17) is 4.98 Å². The summed E-state index contributed by atoms with van der Waals surface area (Å²) in [6, 6.07) is 32.9. The molecule has 0 aliphatic heterocycles. The van der Waals surface area contributed by atoms with Crippen LogP contribution in [0.5, 0.6) is 0 Å². The number of hydrogen-bond donors (Lipinski definition) is 0. The monoisotopic (exact) mass is 436 g/mol. The summed E-state index contributed by atoms with van der Waals surface area (Å²) in [7, 11) is 0. The second kappa shape index (κ2) is 11.1. The van der Waals surface area contributed by atoms with Crippen molar-refractivity contribution in [3.05, 3.63) is 125 Å². The molecule has 33 heavy (non-hydrogen) atoms. The van der Waals surface area contributed by atoms with Gasteiger partial charge in [0.15, 0.2) is 0 Å². The quantitative estimate of drug-likeness (QED) is 0.249. The fraction of sp³-hybridized carbons (Fsp3) is 0.323. The summed E-state index contributed by atoms with van der Waals surface area (Å²) in [5, 5.41) is 0. The van der Waals surface area contributed by atoms with Crippen LogP contribution >= 0.6 is 0 Å². The van der Waals surface area contributed by atoms with Gasteiger partial charge < -0.3 is 4.57 Å². The van der Waals surface area contributed by atoms with Crippen molar-refractivity contribution >= 4 is 0 Å². The highest BCUT2D eigenvalue weighted by molar-refractivity contribution is 5.28. The van der Waals surface area contributed by atoms with Crippen molar-refractivity contribution < 1.29 is 0 Å². The van der Waals surface area contributed by atoms with Crippen LogP contribution in [-0.4, -0.2) is 9.55 Å². The Bertz CT molecular complexity index is 1110. The van der Waals surface area contributed by atoms with Crippen molar-refractivity contribution in [3.63, 3.8) is 0 Å². The summed E-state index contributed by atoms with van der Waals surface area (Å²) in [6.45, 7) is 6.92. The number of benzene rings is 3. The fourth-order valence-electron chi connectivity index (χ4n) is 4.90. The first-order chi connectivity index (χ1) is 16.2. The van der Waals surface area contributed by atoms with Gasteiger partial charge in [-0.2, -0.15) is 0 Å². The maximum atomic E-state index is 5.29. The standard InChI is InChI=1S/C31H36N2/c1-4-29(21-20-26-14-8-5-9-15-26)33-25(3)30(23-28-18-12-7-13-19-28)32-31(33)24(2)22-27-16-10-6-11-17-27/h5-19,24,29H,4,20-23H2,1-3H3/t24?,29-/m0/s1. The molecule has 4 aromatic rings. The first-order valence-corrected chi connectivity index (χ1v) is 12.3. The fourth-order valence-corrected chi connectivity index (χ4v) is 4.90. The van der Waals surface area contributed by atoms with Crippen LogP contribution in [0.1, 0.15) is 72.6 Å². The zero-order chi connectivity index (χ0) is 23.0. The Morgan fingerprint density at radius 2 is 1.30 bits per heavy atom. The molecule has 170 valence electrons. The van der Waals surface area contributed by atoms with E-state index in [2.05, 4.69) is 116 Å². The number of imidazole rings is 1. The van der Waals surface area contributed by atoms with Gasteiger partial charge in [-0.15, -0.1) is 0 Å². The predicted molar refractivity (Wildman–Crippen MR) is 139 cm³/mol. The van der Waals surface area contributed by atoms with Gasteiger partial charge in [-0.05, 0) is 49.3 Å². The number of aromatic nitrogens is 2. The lowest BCUT2D eigenvalue weighted by Gasteiger charge is -2.24. The minimum Gasteiger partial charge on any atom is -0.329 e. The molecule has 1 aromatic heterocycles. The molecule has 0 bridgehead atoms.